The number of hydrogen-bond donors (Lipinski definition) is 1. The molecule has 2 rings (SSSR count). The van der Waals surface area contributed by atoms with Crippen LogP contribution in [0.2, 0.25) is 0 Å². The van der Waals surface area contributed by atoms with Crippen molar-refractivity contribution in [1.29, 1.82) is 0 Å². The van der Waals surface area contributed by atoms with Gasteiger partial charge in [-0.25, -0.2) is 0 Å². The van der Waals surface area contributed by atoms with E-state index >= 15 is 0 Å². The summed E-state index contributed by atoms with van der Waals surface area (Å²) in [7, 11) is 1.82. The molecule has 0 bridgehead atoms. The highest BCUT2D eigenvalue weighted by Crippen LogP contribution is 2.34. The van der Waals surface area contributed by atoms with Crippen molar-refractivity contribution in [3.63, 3.8) is 0 Å². The Balaban J connectivity index is 1.83. The summed E-state index contributed by atoms with van der Waals surface area (Å²) >= 11 is 0. The maximum absolute atomic E-state index is 6.12. The summed E-state index contributed by atoms with van der Waals surface area (Å²) in [5.74, 6) is 0.698. The van der Waals surface area contributed by atoms with Crippen LogP contribution < -0.4 is 5.73 Å². The van der Waals surface area contributed by atoms with E-state index in [1.807, 2.05) is 7.11 Å². The molecule has 1 aliphatic heterocycles. The van der Waals surface area contributed by atoms with Gasteiger partial charge in [0, 0.05) is 25.7 Å². The van der Waals surface area contributed by atoms with Crippen molar-refractivity contribution in [1.82, 2.24) is 4.90 Å². The number of nitrogens with two attached hydrogens (primary N) is 1. The van der Waals surface area contributed by atoms with Gasteiger partial charge in [0.05, 0.1) is 6.10 Å². The molecule has 0 spiro atoms. The topological polar surface area (TPSA) is 38.5 Å². The first-order valence-corrected chi connectivity index (χ1v) is 5.67. The lowest BCUT2D eigenvalue weighted by Gasteiger charge is -2.37. The zero-order valence-electron chi connectivity index (χ0n) is 9.33. The van der Waals surface area contributed by atoms with Gasteiger partial charge in [0.25, 0.3) is 0 Å². The summed E-state index contributed by atoms with van der Waals surface area (Å²) in [6, 6.07) is 0. The molecule has 1 aliphatic carbocycles. The molecule has 2 atom stereocenters. The van der Waals surface area contributed by atoms with E-state index in [1.165, 1.54) is 25.8 Å². The van der Waals surface area contributed by atoms with Crippen molar-refractivity contribution in [3.8, 4) is 0 Å². The van der Waals surface area contributed by atoms with Crippen LogP contribution in [0, 0.1) is 5.92 Å². The molecule has 82 valence electrons. The highest BCUT2D eigenvalue weighted by atomic mass is 16.5. The van der Waals surface area contributed by atoms with Crippen LogP contribution in [0.5, 0.6) is 0 Å². The van der Waals surface area contributed by atoms with E-state index in [9.17, 15) is 0 Å². The van der Waals surface area contributed by atoms with E-state index in [1.54, 1.807) is 0 Å². The zero-order chi connectivity index (χ0) is 10.2. The smallest absolute Gasteiger partial charge is 0.0724 e. The molecular weight excluding hydrogens is 176 g/mol. The van der Waals surface area contributed by atoms with Crippen molar-refractivity contribution < 1.29 is 4.74 Å². The Morgan fingerprint density at radius 3 is 2.79 bits per heavy atom. The fourth-order valence-corrected chi connectivity index (χ4v) is 2.31. The quantitative estimate of drug-likeness (QED) is 0.730. The number of ether oxygens (including phenoxy) is 1. The molecule has 0 aromatic rings. The first kappa shape index (κ1) is 10.4. The van der Waals surface area contributed by atoms with Crippen LogP contribution in [0.15, 0.2) is 0 Å². The second-order valence-electron chi connectivity index (χ2n) is 5.14. The molecule has 1 saturated heterocycles. The minimum absolute atomic E-state index is 0.152. The minimum atomic E-state index is 0.152. The summed E-state index contributed by atoms with van der Waals surface area (Å²) in [5.41, 5.74) is 6.27. The van der Waals surface area contributed by atoms with Crippen LogP contribution in [0.25, 0.3) is 0 Å². The van der Waals surface area contributed by atoms with Crippen molar-refractivity contribution in [2.75, 3.05) is 26.7 Å². The first-order valence-electron chi connectivity index (χ1n) is 5.67. The van der Waals surface area contributed by atoms with Gasteiger partial charge >= 0.3 is 0 Å². The Bertz CT molecular complexity index is 203. The lowest BCUT2D eigenvalue weighted by Crippen LogP contribution is -2.48. The maximum atomic E-state index is 6.12. The predicted octanol–water partition coefficient (Wildman–Crippen LogP) is 0.834. The Kier molecular flexibility index (Phi) is 2.82. The number of likely N-dealkylation sites (tertiary alicyclic amines) is 1. The average molecular weight is 198 g/mol. The number of hydrogen-bond acceptors (Lipinski definition) is 3. The van der Waals surface area contributed by atoms with E-state index in [2.05, 4.69) is 11.8 Å². The lowest BCUT2D eigenvalue weighted by molar-refractivity contribution is -0.00717. The van der Waals surface area contributed by atoms with E-state index in [4.69, 9.17) is 10.5 Å². The molecule has 3 nitrogen and oxygen atoms in total. The molecule has 1 saturated carbocycles. The molecule has 0 radical (unpaired) electrons. The summed E-state index contributed by atoms with van der Waals surface area (Å²) in [4.78, 5) is 2.47. The van der Waals surface area contributed by atoms with Gasteiger partial charge in [0.1, 0.15) is 0 Å². The summed E-state index contributed by atoms with van der Waals surface area (Å²) < 4.78 is 5.49. The third-order valence-electron chi connectivity index (χ3n) is 3.71. The normalized spacial score (nSPS) is 37.1. The maximum Gasteiger partial charge on any atom is 0.0724 e. The molecule has 2 unspecified atom stereocenters. The third kappa shape index (κ3) is 2.27. The van der Waals surface area contributed by atoms with Crippen LogP contribution in [0.1, 0.15) is 26.2 Å². The summed E-state index contributed by atoms with van der Waals surface area (Å²) in [5, 5.41) is 0. The number of piperidine rings is 1. The molecule has 0 amide bonds. The monoisotopic (exact) mass is 198 g/mol. The second kappa shape index (κ2) is 3.80. The first-order chi connectivity index (χ1) is 6.63. The lowest BCUT2D eigenvalue weighted by atomic mass is 9.95. The zero-order valence-corrected chi connectivity index (χ0v) is 9.33. The molecule has 14 heavy (non-hydrogen) atoms. The van der Waals surface area contributed by atoms with Gasteiger partial charge in [-0.15, -0.1) is 0 Å². The number of methoxy groups -OCH3 is 1. The Morgan fingerprint density at radius 2 is 2.21 bits per heavy atom. The fourth-order valence-electron chi connectivity index (χ4n) is 2.31. The third-order valence-corrected chi connectivity index (χ3v) is 3.71. The molecule has 0 aromatic carbocycles. The summed E-state index contributed by atoms with van der Waals surface area (Å²) in [6.07, 6.45) is 4.06. The Labute approximate surface area is 86.6 Å². The highest BCUT2D eigenvalue weighted by molar-refractivity contribution is 5.01. The second-order valence-corrected chi connectivity index (χ2v) is 5.14. The highest BCUT2D eigenvalue weighted by Gasteiger charge is 2.41. The van der Waals surface area contributed by atoms with Crippen molar-refractivity contribution in [2.24, 2.45) is 11.7 Å². The predicted molar refractivity (Wildman–Crippen MR) is 57.2 cm³/mol. The van der Waals surface area contributed by atoms with Crippen LogP contribution in [0.4, 0.5) is 0 Å². The fraction of sp³-hybridized carbons (Fsp3) is 1.00. The molecule has 2 aliphatic rings. The van der Waals surface area contributed by atoms with Crippen molar-refractivity contribution in [3.05, 3.63) is 0 Å². The van der Waals surface area contributed by atoms with Crippen LogP contribution in [0.3, 0.4) is 0 Å². The van der Waals surface area contributed by atoms with E-state index in [0.717, 1.165) is 13.1 Å². The van der Waals surface area contributed by atoms with Crippen molar-refractivity contribution >= 4 is 0 Å². The largest absolute Gasteiger partial charge is 0.380 e. The molecule has 0 aromatic heterocycles. The van der Waals surface area contributed by atoms with Crippen LogP contribution in [-0.4, -0.2) is 43.3 Å². The van der Waals surface area contributed by atoms with Gasteiger partial charge in [-0.1, -0.05) is 6.92 Å². The van der Waals surface area contributed by atoms with Crippen molar-refractivity contribution in [2.45, 2.75) is 37.8 Å². The van der Waals surface area contributed by atoms with Gasteiger partial charge < -0.3 is 10.5 Å². The van der Waals surface area contributed by atoms with Gasteiger partial charge in [0.15, 0.2) is 0 Å². The SMILES string of the molecule is COC1CN(CC2(N)CC2)CCC1C. The van der Waals surface area contributed by atoms with E-state index in [0.29, 0.717) is 12.0 Å². The van der Waals surface area contributed by atoms with Gasteiger partial charge in [-0.2, -0.15) is 0 Å². The standard InChI is InChI=1S/C11H22N2O/c1-9-3-6-13(7-10(9)14-2)8-11(12)4-5-11/h9-10H,3-8,12H2,1-2H3. The number of rotatable bonds is 3. The average Bonchev–Trinajstić information content (AvgIpc) is 2.87. The molecule has 2 fully saturated rings. The molecule has 3 heteroatoms. The molecule has 2 N–H and O–H groups in total. The molecule has 1 heterocycles. The Hall–Kier alpha value is -0.120. The van der Waals surface area contributed by atoms with Gasteiger partial charge in [-0.05, 0) is 31.7 Å². The van der Waals surface area contributed by atoms with Crippen LogP contribution in [-0.2, 0) is 4.74 Å². The van der Waals surface area contributed by atoms with E-state index in [-0.39, 0.29) is 5.54 Å². The van der Waals surface area contributed by atoms with Gasteiger partial charge in [-0.3, -0.25) is 4.90 Å². The minimum Gasteiger partial charge on any atom is -0.380 e. The number of nitrogens with zero attached hydrogens (tertiary/aromatic N) is 1. The Morgan fingerprint density at radius 1 is 1.50 bits per heavy atom. The summed E-state index contributed by atoms with van der Waals surface area (Å²) in [6.45, 7) is 5.61. The van der Waals surface area contributed by atoms with Crippen LogP contribution >= 0.6 is 0 Å². The van der Waals surface area contributed by atoms with Gasteiger partial charge in [0.2, 0.25) is 0 Å². The molecular formula is C11H22N2O. The van der Waals surface area contributed by atoms with E-state index < -0.39 is 0 Å².